The summed E-state index contributed by atoms with van der Waals surface area (Å²) in [5.74, 6) is -3.44. The summed E-state index contributed by atoms with van der Waals surface area (Å²) in [4.78, 5) is 24.9. The minimum atomic E-state index is -0.981. The Kier molecular flexibility index (Phi) is 3.39. The van der Waals surface area contributed by atoms with Gasteiger partial charge in [-0.05, 0) is 42.9 Å². The van der Waals surface area contributed by atoms with Gasteiger partial charge in [0.05, 0.1) is 0 Å². The molecule has 112 valence electrons. The van der Waals surface area contributed by atoms with Gasteiger partial charge in [0.15, 0.2) is 11.6 Å². The second-order valence-corrected chi connectivity index (χ2v) is 5.65. The highest BCUT2D eigenvalue weighted by molar-refractivity contribution is 5.88. The van der Waals surface area contributed by atoms with Crippen molar-refractivity contribution in [3.05, 3.63) is 35.4 Å². The van der Waals surface area contributed by atoms with Crippen molar-refractivity contribution < 1.29 is 23.5 Å². The Morgan fingerprint density at radius 3 is 2.67 bits per heavy atom. The first kappa shape index (κ1) is 14.0. The fourth-order valence-electron chi connectivity index (χ4n) is 3.08. The van der Waals surface area contributed by atoms with Crippen LogP contribution in [0.25, 0.3) is 0 Å². The van der Waals surface area contributed by atoms with E-state index >= 15 is 0 Å². The van der Waals surface area contributed by atoms with Crippen molar-refractivity contribution in [2.24, 2.45) is 5.92 Å². The maximum atomic E-state index is 13.2. The SMILES string of the molecule is O=C(O)[C@H]1CCCN1C(=O)[C@H]1C[C@@H]1c1ccc(F)c(F)c1. The van der Waals surface area contributed by atoms with E-state index in [-0.39, 0.29) is 17.7 Å². The summed E-state index contributed by atoms with van der Waals surface area (Å²) < 4.78 is 26.1. The molecule has 3 atom stereocenters. The summed E-state index contributed by atoms with van der Waals surface area (Å²) in [6.45, 7) is 0.455. The summed E-state index contributed by atoms with van der Waals surface area (Å²) in [5, 5.41) is 9.10. The number of amides is 1. The Morgan fingerprint density at radius 2 is 2.00 bits per heavy atom. The summed E-state index contributed by atoms with van der Waals surface area (Å²) in [6, 6.07) is 2.91. The molecule has 1 N–H and O–H groups in total. The molecule has 1 saturated carbocycles. The Labute approximate surface area is 120 Å². The number of carboxylic acid groups (broad SMARTS) is 1. The summed E-state index contributed by atoms with van der Waals surface area (Å²) >= 11 is 0. The minimum absolute atomic E-state index is 0.136. The quantitative estimate of drug-likeness (QED) is 0.929. The molecule has 1 aromatic rings. The van der Waals surface area contributed by atoms with Crippen LogP contribution in [-0.2, 0) is 9.59 Å². The van der Waals surface area contributed by atoms with Crippen LogP contribution in [0.1, 0.15) is 30.7 Å². The molecule has 1 aliphatic heterocycles. The first-order chi connectivity index (χ1) is 9.99. The van der Waals surface area contributed by atoms with E-state index in [0.29, 0.717) is 31.4 Å². The van der Waals surface area contributed by atoms with Gasteiger partial charge in [-0.15, -0.1) is 0 Å². The molecule has 1 saturated heterocycles. The Bertz CT molecular complexity index is 605. The van der Waals surface area contributed by atoms with E-state index in [4.69, 9.17) is 5.11 Å². The molecule has 2 aliphatic rings. The van der Waals surface area contributed by atoms with Crippen molar-refractivity contribution in [3.63, 3.8) is 0 Å². The molecule has 1 heterocycles. The van der Waals surface area contributed by atoms with E-state index in [1.807, 2.05) is 0 Å². The Hall–Kier alpha value is -1.98. The van der Waals surface area contributed by atoms with Crippen molar-refractivity contribution in [3.8, 4) is 0 Å². The average molecular weight is 295 g/mol. The number of carbonyl (C=O) groups excluding carboxylic acids is 1. The molecule has 1 aromatic carbocycles. The molecule has 0 unspecified atom stereocenters. The topological polar surface area (TPSA) is 57.6 Å². The van der Waals surface area contributed by atoms with Crippen LogP contribution < -0.4 is 0 Å². The second kappa shape index (κ2) is 5.09. The van der Waals surface area contributed by atoms with Gasteiger partial charge in [-0.25, -0.2) is 13.6 Å². The first-order valence-corrected chi connectivity index (χ1v) is 6.97. The second-order valence-electron chi connectivity index (χ2n) is 5.65. The maximum Gasteiger partial charge on any atom is 0.326 e. The molecule has 0 radical (unpaired) electrons. The summed E-state index contributed by atoms with van der Waals surface area (Å²) in [5.41, 5.74) is 0.596. The minimum Gasteiger partial charge on any atom is -0.480 e. The Balaban J connectivity index is 1.71. The van der Waals surface area contributed by atoms with E-state index in [1.54, 1.807) is 0 Å². The van der Waals surface area contributed by atoms with E-state index in [0.717, 1.165) is 12.1 Å². The van der Waals surface area contributed by atoms with Crippen molar-refractivity contribution in [2.75, 3.05) is 6.54 Å². The third-order valence-corrected chi connectivity index (χ3v) is 4.30. The fourth-order valence-corrected chi connectivity index (χ4v) is 3.08. The molecule has 0 spiro atoms. The van der Waals surface area contributed by atoms with Gasteiger partial charge in [0, 0.05) is 12.5 Å². The van der Waals surface area contributed by atoms with Gasteiger partial charge in [0.2, 0.25) is 5.91 Å². The molecular weight excluding hydrogens is 280 g/mol. The van der Waals surface area contributed by atoms with Crippen molar-refractivity contribution >= 4 is 11.9 Å². The van der Waals surface area contributed by atoms with Gasteiger partial charge in [-0.3, -0.25) is 4.79 Å². The Morgan fingerprint density at radius 1 is 1.24 bits per heavy atom. The lowest BCUT2D eigenvalue weighted by atomic mass is 10.1. The third-order valence-electron chi connectivity index (χ3n) is 4.30. The zero-order chi connectivity index (χ0) is 15.1. The highest BCUT2D eigenvalue weighted by Gasteiger charge is 2.48. The molecule has 1 amide bonds. The number of carbonyl (C=O) groups is 2. The zero-order valence-electron chi connectivity index (χ0n) is 11.3. The van der Waals surface area contributed by atoms with Crippen LogP contribution in [0.2, 0.25) is 0 Å². The number of carboxylic acids is 1. The fraction of sp³-hybridized carbons (Fsp3) is 0.467. The molecule has 0 aromatic heterocycles. The van der Waals surface area contributed by atoms with Crippen molar-refractivity contribution in [1.82, 2.24) is 4.90 Å². The number of likely N-dealkylation sites (tertiary alicyclic amines) is 1. The van der Waals surface area contributed by atoms with Gasteiger partial charge < -0.3 is 10.0 Å². The van der Waals surface area contributed by atoms with Crippen LogP contribution in [0.15, 0.2) is 18.2 Å². The molecular formula is C15H15F2NO3. The van der Waals surface area contributed by atoms with Crippen molar-refractivity contribution in [2.45, 2.75) is 31.2 Å². The van der Waals surface area contributed by atoms with E-state index in [2.05, 4.69) is 0 Å². The summed E-state index contributed by atoms with van der Waals surface area (Å²) in [6.07, 6.45) is 1.72. The van der Waals surface area contributed by atoms with E-state index in [9.17, 15) is 18.4 Å². The van der Waals surface area contributed by atoms with Gasteiger partial charge in [-0.2, -0.15) is 0 Å². The number of benzene rings is 1. The smallest absolute Gasteiger partial charge is 0.326 e. The molecule has 0 bridgehead atoms. The monoisotopic (exact) mass is 295 g/mol. The van der Waals surface area contributed by atoms with E-state index < -0.39 is 23.6 Å². The van der Waals surface area contributed by atoms with Crippen molar-refractivity contribution in [1.29, 1.82) is 0 Å². The molecule has 6 heteroatoms. The van der Waals surface area contributed by atoms with Crippen LogP contribution in [0.5, 0.6) is 0 Å². The van der Waals surface area contributed by atoms with Gasteiger partial charge in [0.1, 0.15) is 6.04 Å². The van der Waals surface area contributed by atoms with Gasteiger partial charge >= 0.3 is 5.97 Å². The molecule has 3 rings (SSSR count). The number of halogens is 2. The lowest BCUT2D eigenvalue weighted by molar-refractivity contribution is -0.148. The maximum absolute atomic E-state index is 13.2. The standard InChI is InChI=1S/C15H15F2NO3/c16-11-4-3-8(6-12(11)17)9-7-10(9)14(19)18-5-1-2-13(18)15(20)21/h3-4,6,9-10,13H,1-2,5,7H2,(H,20,21)/t9-,10+,13-/m1/s1. The lowest BCUT2D eigenvalue weighted by Gasteiger charge is -2.21. The van der Waals surface area contributed by atoms with Crippen LogP contribution in [0, 0.1) is 17.6 Å². The molecule has 2 fully saturated rings. The zero-order valence-corrected chi connectivity index (χ0v) is 11.3. The third kappa shape index (κ3) is 2.50. The van der Waals surface area contributed by atoms with Crippen LogP contribution in [-0.4, -0.2) is 34.5 Å². The average Bonchev–Trinajstić information content (AvgIpc) is 3.08. The first-order valence-electron chi connectivity index (χ1n) is 6.97. The van der Waals surface area contributed by atoms with Crippen LogP contribution in [0.3, 0.4) is 0 Å². The van der Waals surface area contributed by atoms with Crippen LogP contribution >= 0.6 is 0 Å². The van der Waals surface area contributed by atoms with Gasteiger partial charge in [0.25, 0.3) is 0 Å². The predicted octanol–water partition coefficient (Wildman–Crippen LogP) is 2.14. The predicted molar refractivity (Wildman–Crippen MR) is 69.6 cm³/mol. The largest absolute Gasteiger partial charge is 0.480 e. The number of rotatable bonds is 3. The number of nitrogens with zero attached hydrogens (tertiary/aromatic N) is 1. The number of hydrogen-bond acceptors (Lipinski definition) is 2. The normalized spacial score (nSPS) is 27.7. The lowest BCUT2D eigenvalue weighted by Crippen LogP contribution is -2.41. The van der Waals surface area contributed by atoms with E-state index in [1.165, 1.54) is 11.0 Å². The number of hydrogen-bond donors (Lipinski definition) is 1. The highest BCUT2D eigenvalue weighted by Crippen LogP contribution is 2.49. The summed E-state index contributed by atoms with van der Waals surface area (Å²) in [7, 11) is 0. The molecule has 4 nitrogen and oxygen atoms in total. The number of aliphatic carboxylic acids is 1. The highest BCUT2D eigenvalue weighted by atomic mass is 19.2. The molecule has 21 heavy (non-hydrogen) atoms. The van der Waals surface area contributed by atoms with Gasteiger partial charge in [-0.1, -0.05) is 6.07 Å². The molecule has 1 aliphatic carbocycles. The van der Waals surface area contributed by atoms with Crippen LogP contribution in [0.4, 0.5) is 8.78 Å².